The van der Waals surface area contributed by atoms with Gasteiger partial charge in [-0.25, -0.2) is 0 Å². The number of hydrogen-bond donors (Lipinski definition) is 0. The van der Waals surface area contributed by atoms with Crippen molar-refractivity contribution in [2.75, 3.05) is 25.1 Å². The second-order valence-electron chi connectivity index (χ2n) is 3.63. The SMILES string of the molecule is CCCCN(CC)c1cccc(OC)c1. The Morgan fingerprint density at radius 3 is 2.67 bits per heavy atom. The van der Waals surface area contributed by atoms with Gasteiger partial charge in [0.05, 0.1) is 7.11 Å². The number of methoxy groups -OCH3 is 1. The zero-order valence-corrected chi connectivity index (χ0v) is 9.99. The van der Waals surface area contributed by atoms with Crippen LogP contribution in [-0.4, -0.2) is 20.2 Å². The minimum Gasteiger partial charge on any atom is -0.497 e. The molecule has 0 heterocycles. The fraction of sp³-hybridized carbons (Fsp3) is 0.538. The third kappa shape index (κ3) is 3.46. The number of rotatable bonds is 6. The van der Waals surface area contributed by atoms with Gasteiger partial charge in [-0.15, -0.1) is 0 Å². The summed E-state index contributed by atoms with van der Waals surface area (Å²) in [7, 11) is 1.71. The average Bonchev–Trinajstić information content (AvgIpc) is 2.30. The van der Waals surface area contributed by atoms with Gasteiger partial charge in [0.1, 0.15) is 5.75 Å². The van der Waals surface area contributed by atoms with Gasteiger partial charge < -0.3 is 9.64 Å². The molecule has 0 fully saturated rings. The average molecular weight is 207 g/mol. The monoisotopic (exact) mass is 207 g/mol. The molecule has 0 unspecified atom stereocenters. The van der Waals surface area contributed by atoms with Gasteiger partial charge in [0, 0.05) is 24.8 Å². The van der Waals surface area contributed by atoms with Crippen LogP contribution in [0.25, 0.3) is 0 Å². The maximum atomic E-state index is 5.23. The molecule has 0 saturated heterocycles. The molecule has 0 saturated carbocycles. The van der Waals surface area contributed by atoms with Crippen molar-refractivity contribution in [3.8, 4) is 5.75 Å². The number of hydrogen-bond acceptors (Lipinski definition) is 2. The first-order valence-corrected chi connectivity index (χ1v) is 5.70. The third-order valence-electron chi connectivity index (χ3n) is 2.58. The molecule has 0 bridgehead atoms. The van der Waals surface area contributed by atoms with E-state index in [0.717, 1.165) is 18.8 Å². The minimum atomic E-state index is 0.933. The standard InChI is InChI=1S/C13H21NO/c1-4-6-10-14(5-2)12-8-7-9-13(11-12)15-3/h7-9,11H,4-6,10H2,1-3H3. The number of ether oxygens (including phenoxy) is 1. The first kappa shape index (κ1) is 11.9. The van der Waals surface area contributed by atoms with Crippen LogP contribution in [0.2, 0.25) is 0 Å². The van der Waals surface area contributed by atoms with Crippen molar-refractivity contribution in [1.29, 1.82) is 0 Å². The van der Waals surface area contributed by atoms with Gasteiger partial charge in [-0.2, -0.15) is 0 Å². The fourth-order valence-corrected chi connectivity index (χ4v) is 1.63. The molecule has 2 nitrogen and oxygen atoms in total. The summed E-state index contributed by atoms with van der Waals surface area (Å²) in [6, 6.07) is 8.26. The van der Waals surface area contributed by atoms with Crippen molar-refractivity contribution < 1.29 is 4.74 Å². The van der Waals surface area contributed by atoms with E-state index in [2.05, 4.69) is 30.9 Å². The topological polar surface area (TPSA) is 12.5 Å². The lowest BCUT2D eigenvalue weighted by atomic mass is 10.2. The molecule has 0 aliphatic carbocycles. The van der Waals surface area contributed by atoms with Crippen molar-refractivity contribution in [3.05, 3.63) is 24.3 Å². The Morgan fingerprint density at radius 2 is 2.07 bits per heavy atom. The van der Waals surface area contributed by atoms with Crippen LogP contribution in [0.1, 0.15) is 26.7 Å². The van der Waals surface area contributed by atoms with Crippen LogP contribution < -0.4 is 9.64 Å². The highest BCUT2D eigenvalue weighted by atomic mass is 16.5. The summed E-state index contributed by atoms with van der Waals surface area (Å²) in [6.45, 7) is 6.59. The lowest BCUT2D eigenvalue weighted by Crippen LogP contribution is -2.23. The largest absolute Gasteiger partial charge is 0.497 e. The molecule has 15 heavy (non-hydrogen) atoms. The van der Waals surface area contributed by atoms with Crippen molar-refractivity contribution in [1.82, 2.24) is 0 Å². The molecule has 0 aliphatic rings. The third-order valence-corrected chi connectivity index (χ3v) is 2.58. The summed E-state index contributed by atoms with van der Waals surface area (Å²) in [5.74, 6) is 0.933. The first-order chi connectivity index (χ1) is 7.31. The second kappa shape index (κ2) is 6.33. The van der Waals surface area contributed by atoms with Gasteiger partial charge in [0.25, 0.3) is 0 Å². The number of nitrogens with zero attached hydrogens (tertiary/aromatic N) is 1. The molecule has 1 aromatic rings. The van der Waals surface area contributed by atoms with E-state index >= 15 is 0 Å². The Bertz CT molecular complexity index is 286. The Morgan fingerprint density at radius 1 is 1.27 bits per heavy atom. The van der Waals surface area contributed by atoms with Crippen LogP contribution in [0.5, 0.6) is 5.75 Å². The summed E-state index contributed by atoms with van der Waals surface area (Å²) >= 11 is 0. The molecule has 0 N–H and O–H groups in total. The van der Waals surface area contributed by atoms with Crippen LogP contribution in [-0.2, 0) is 0 Å². The van der Waals surface area contributed by atoms with Crippen molar-refractivity contribution in [2.45, 2.75) is 26.7 Å². The quantitative estimate of drug-likeness (QED) is 0.709. The number of benzene rings is 1. The van der Waals surface area contributed by atoms with E-state index in [9.17, 15) is 0 Å². The van der Waals surface area contributed by atoms with E-state index in [1.807, 2.05) is 12.1 Å². The molecule has 2 heteroatoms. The Balaban J connectivity index is 2.72. The van der Waals surface area contributed by atoms with Crippen LogP contribution >= 0.6 is 0 Å². The molecule has 0 aromatic heterocycles. The number of unbranched alkanes of at least 4 members (excludes halogenated alkanes) is 1. The van der Waals surface area contributed by atoms with E-state index in [1.165, 1.54) is 18.5 Å². The van der Waals surface area contributed by atoms with E-state index < -0.39 is 0 Å². The summed E-state index contributed by atoms with van der Waals surface area (Å²) in [6.07, 6.45) is 2.48. The highest BCUT2D eigenvalue weighted by Crippen LogP contribution is 2.20. The molecule has 0 spiro atoms. The van der Waals surface area contributed by atoms with Gasteiger partial charge in [-0.3, -0.25) is 0 Å². The Hall–Kier alpha value is -1.18. The smallest absolute Gasteiger partial charge is 0.120 e. The zero-order chi connectivity index (χ0) is 11.1. The lowest BCUT2D eigenvalue weighted by Gasteiger charge is -2.23. The summed E-state index contributed by atoms with van der Waals surface area (Å²) in [4.78, 5) is 2.38. The molecular formula is C13H21NO. The predicted molar refractivity (Wildman–Crippen MR) is 65.8 cm³/mol. The zero-order valence-electron chi connectivity index (χ0n) is 9.99. The first-order valence-electron chi connectivity index (χ1n) is 5.70. The molecule has 0 aliphatic heterocycles. The Kier molecular flexibility index (Phi) is 5.02. The maximum absolute atomic E-state index is 5.23. The highest BCUT2D eigenvalue weighted by Gasteiger charge is 2.03. The second-order valence-corrected chi connectivity index (χ2v) is 3.63. The van der Waals surface area contributed by atoms with E-state index in [1.54, 1.807) is 7.11 Å². The van der Waals surface area contributed by atoms with Gasteiger partial charge >= 0.3 is 0 Å². The lowest BCUT2D eigenvalue weighted by molar-refractivity contribution is 0.415. The van der Waals surface area contributed by atoms with Gasteiger partial charge in [-0.1, -0.05) is 19.4 Å². The molecular weight excluding hydrogens is 186 g/mol. The van der Waals surface area contributed by atoms with E-state index in [0.29, 0.717) is 0 Å². The van der Waals surface area contributed by atoms with E-state index in [-0.39, 0.29) is 0 Å². The molecule has 1 aromatic carbocycles. The number of anilines is 1. The van der Waals surface area contributed by atoms with E-state index in [4.69, 9.17) is 4.74 Å². The highest BCUT2D eigenvalue weighted by molar-refractivity contribution is 5.50. The maximum Gasteiger partial charge on any atom is 0.120 e. The van der Waals surface area contributed by atoms with Crippen LogP contribution in [0.4, 0.5) is 5.69 Å². The van der Waals surface area contributed by atoms with Crippen LogP contribution in [0.15, 0.2) is 24.3 Å². The van der Waals surface area contributed by atoms with Crippen LogP contribution in [0, 0.1) is 0 Å². The molecule has 0 amide bonds. The molecule has 0 radical (unpaired) electrons. The summed E-state index contributed by atoms with van der Waals surface area (Å²) in [5, 5.41) is 0. The predicted octanol–water partition coefficient (Wildman–Crippen LogP) is 3.32. The molecule has 1 rings (SSSR count). The van der Waals surface area contributed by atoms with Gasteiger partial charge in [-0.05, 0) is 25.5 Å². The van der Waals surface area contributed by atoms with Crippen molar-refractivity contribution >= 4 is 5.69 Å². The van der Waals surface area contributed by atoms with Crippen molar-refractivity contribution in [2.24, 2.45) is 0 Å². The molecule has 0 atom stereocenters. The normalized spacial score (nSPS) is 10.1. The summed E-state index contributed by atoms with van der Waals surface area (Å²) in [5.41, 5.74) is 1.25. The molecule has 84 valence electrons. The van der Waals surface area contributed by atoms with Gasteiger partial charge in [0.15, 0.2) is 0 Å². The van der Waals surface area contributed by atoms with Gasteiger partial charge in [0.2, 0.25) is 0 Å². The van der Waals surface area contributed by atoms with Crippen LogP contribution in [0.3, 0.4) is 0 Å². The minimum absolute atomic E-state index is 0.933. The van der Waals surface area contributed by atoms with Crippen molar-refractivity contribution in [3.63, 3.8) is 0 Å². The fourth-order valence-electron chi connectivity index (χ4n) is 1.63. The Labute approximate surface area is 92.9 Å². The summed E-state index contributed by atoms with van der Waals surface area (Å²) < 4.78 is 5.23.